The lowest BCUT2D eigenvalue weighted by Crippen LogP contribution is -2.47. The van der Waals surface area contributed by atoms with Gasteiger partial charge >= 0.3 is 0 Å². The van der Waals surface area contributed by atoms with Gasteiger partial charge in [-0.15, -0.1) is 24.0 Å². The maximum absolute atomic E-state index is 11.8. The second kappa shape index (κ2) is 10.4. The molecule has 1 unspecified atom stereocenters. The molecule has 2 N–H and O–H groups in total. The Hall–Kier alpha value is -1.58. The van der Waals surface area contributed by atoms with Gasteiger partial charge in [-0.2, -0.15) is 0 Å². The number of nitrogens with one attached hydrogen (secondary N) is 2. The average Bonchev–Trinajstić information content (AvgIpc) is 3.01. The number of hydrogen-bond acceptors (Lipinski definition) is 4. The van der Waals surface area contributed by atoms with Crippen molar-refractivity contribution in [2.75, 3.05) is 38.6 Å². The fraction of sp³-hybridized carbons (Fsp3) is 0.588. The van der Waals surface area contributed by atoms with E-state index in [-0.39, 0.29) is 48.5 Å². The summed E-state index contributed by atoms with van der Waals surface area (Å²) in [4.78, 5) is 24.4. The summed E-state index contributed by atoms with van der Waals surface area (Å²) >= 11 is 0. The molecule has 2 rings (SSSR count). The van der Waals surface area contributed by atoms with Crippen LogP contribution in [0, 0.1) is 0 Å². The smallest absolute Gasteiger partial charge is 0.243 e. The van der Waals surface area contributed by atoms with Crippen molar-refractivity contribution < 1.29 is 4.79 Å². The minimum Gasteiger partial charge on any atom is -0.354 e. The van der Waals surface area contributed by atoms with E-state index in [2.05, 4.69) is 39.4 Å². The zero-order valence-corrected chi connectivity index (χ0v) is 17.7. The Morgan fingerprint density at radius 1 is 1.44 bits per heavy atom. The number of hydrogen-bond donors (Lipinski definition) is 2. The van der Waals surface area contributed by atoms with Gasteiger partial charge in [0.2, 0.25) is 5.91 Å². The van der Waals surface area contributed by atoms with Crippen molar-refractivity contribution in [1.82, 2.24) is 20.5 Å². The number of pyridine rings is 1. The minimum absolute atomic E-state index is 0. The van der Waals surface area contributed by atoms with Crippen molar-refractivity contribution in [3.05, 3.63) is 24.4 Å². The van der Waals surface area contributed by atoms with Crippen LogP contribution in [0.2, 0.25) is 0 Å². The van der Waals surface area contributed by atoms with Crippen LogP contribution in [0.3, 0.4) is 0 Å². The maximum atomic E-state index is 11.8. The Labute approximate surface area is 167 Å². The highest BCUT2D eigenvalue weighted by molar-refractivity contribution is 14.0. The summed E-state index contributed by atoms with van der Waals surface area (Å²) in [7, 11) is 3.48. The van der Waals surface area contributed by atoms with E-state index >= 15 is 0 Å². The monoisotopic (exact) mass is 460 g/mol. The molecule has 1 atom stereocenters. The van der Waals surface area contributed by atoms with Gasteiger partial charge in [0.15, 0.2) is 5.96 Å². The first-order chi connectivity index (χ1) is 11.5. The molecule has 1 saturated heterocycles. The zero-order chi connectivity index (χ0) is 17.5. The van der Waals surface area contributed by atoms with Gasteiger partial charge in [-0.1, -0.05) is 6.07 Å². The molecule has 0 saturated carbocycles. The van der Waals surface area contributed by atoms with E-state index in [4.69, 9.17) is 0 Å². The van der Waals surface area contributed by atoms with Crippen LogP contribution in [0.1, 0.15) is 20.3 Å². The summed E-state index contributed by atoms with van der Waals surface area (Å²) in [5.41, 5.74) is 0. The molecule has 1 aliphatic rings. The first-order valence-corrected chi connectivity index (χ1v) is 8.39. The Morgan fingerprint density at radius 2 is 2.20 bits per heavy atom. The van der Waals surface area contributed by atoms with Gasteiger partial charge < -0.3 is 20.4 Å². The van der Waals surface area contributed by atoms with Crippen molar-refractivity contribution >= 4 is 41.7 Å². The number of amides is 1. The topological polar surface area (TPSA) is 72.9 Å². The van der Waals surface area contributed by atoms with E-state index in [1.807, 2.05) is 24.4 Å². The Kier molecular flexibility index (Phi) is 8.95. The van der Waals surface area contributed by atoms with Gasteiger partial charge in [0.1, 0.15) is 12.4 Å². The maximum Gasteiger partial charge on any atom is 0.243 e. The number of guanidine groups is 1. The molecule has 1 aromatic heterocycles. The van der Waals surface area contributed by atoms with Gasteiger partial charge in [-0.3, -0.25) is 4.79 Å². The van der Waals surface area contributed by atoms with Crippen molar-refractivity contribution in [3.8, 4) is 0 Å². The van der Waals surface area contributed by atoms with E-state index < -0.39 is 0 Å². The van der Waals surface area contributed by atoms with Crippen LogP contribution >= 0.6 is 24.0 Å². The normalized spacial score (nSPS) is 17.2. The van der Waals surface area contributed by atoms with Gasteiger partial charge in [-0.25, -0.2) is 9.98 Å². The molecule has 7 nitrogen and oxygen atoms in total. The molecular weight excluding hydrogens is 431 g/mol. The van der Waals surface area contributed by atoms with E-state index in [1.165, 1.54) is 0 Å². The van der Waals surface area contributed by atoms with Crippen LogP contribution < -0.4 is 15.5 Å². The van der Waals surface area contributed by atoms with Gasteiger partial charge in [-0.05, 0) is 32.4 Å². The largest absolute Gasteiger partial charge is 0.354 e. The molecule has 1 amide bonds. The second-order valence-electron chi connectivity index (χ2n) is 6.52. The molecule has 0 aromatic carbocycles. The number of anilines is 1. The Morgan fingerprint density at radius 3 is 2.80 bits per heavy atom. The quantitative estimate of drug-likeness (QED) is 0.394. The molecule has 140 valence electrons. The SMILES string of the molecule is CC(C)NC(=NCC(=O)N(C)C)NC1CCN(c2ccccn2)C1.I. The average molecular weight is 460 g/mol. The highest BCUT2D eigenvalue weighted by Crippen LogP contribution is 2.17. The number of likely N-dealkylation sites (N-methyl/N-ethyl adjacent to an activating group) is 1. The zero-order valence-electron chi connectivity index (χ0n) is 15.4. The summed E-state index contributed by atoms with van der Waals surface area (Å²) in [5, 5.41) is 6.73. The van der Waals surface area contributed by atoms with Gasteiger partial charge in [0.25, 0.3) is 0 Å². The van der Waals surface area contributed by atoms with Crippen LogP contribution in [0.4, 0.5) is 5.82 Å². The number of aromatic nitrogens is 1. The lowest BCUT2D eigenvalue weighted by atomic mass is 10.3. The fourth-order valence-corrected chi connectivity index (χ4v) is 2.51. The van der Waals surface area contributed by atoms with Crippen molar-refractivity contribution in [3.63, 3.8) is 0 Å². The third kappa shape index (κ3) is 7.05. The predicted molar refractivity (Wildman–Crippen MR) is 113 cm³/mol. The summed E-state index contributed by atoms with van der Waals surface area (Å²) in [6.45, 7) is 6.09. The molecule has 1 aliphatic heterocycles. The van der Waals surface area contributed by atoms with Gasteiger partial charge in [0, 0.05) is 45.5 Å². The van der Waals surface area contributed by atoms with Crippen molar-refractivity contribution in [2.45, 2.75) is 32.4 Å². The molecule has 25 heavy (non-hydrogen) atoms. The molecule has 8 heteroatoms. The van der Waals surface area contributed by atoms with E-state index in [0.29, 0.717) is 5.96 Å². The highest BCUT2D eigenvalue weighted by atomic mass is 127. The van der Waals surface area contributed by atoms with Crippen LogP contribution in [0.25, 0.3) is 0 Å². The predicted octanol–water partition coefficient (Wildman–Crippen LogP) is 1.31. The van der Waals surface area contributed by atoms with Crippen LogP contribution in [0.5, 0.6) is 0 Å². The number of aliphatic imine (C=N–C) groups is 1. The fourth-order valence-electron chi connectivity index (χ4n) is 2.51. The van der Waals surface area contributed by atoms with Gasteiger partial charge in [0.05, 0.1) is 0 Å². The first-order valence-electron chi connectivity index (χ1n) is 8.39. The summed E-state index contributed by atoms with van der Waals surface area (Å²) in [6.07, 6.45) is 2.83. The van der Waals surface area contributed by atoms with Crippen LogP contribution in [-0.2, 0) is 4.79 Å². The summed E-state index contributed by atoms with van der Waals surface area (Å²) < 4.78 is 0. The minimum atomic E-state index is -0.0126. The third-order valence-corrected chi connectivity index (χ3v) is 3.80. The highest BCUT2D eigenvalue weighted by Gasteiger charge is 2.24. The number of rotatable bonds is 5. The molecular formula is C17H29IN6O. The second-order valence-corrected chi connectivity index (χ2v) is 6.52. The third-order valence-electron chi connectivity index (χ3n) is 3.80. The lowest BCUT2D eigenvalue weighted by molar-refractivity contribution is -0.127. The summed E-state index contributed by atoms with van der Waals surface area (Å²) in [5.74, 6) is 1.68. The van der Waals surface area contributed by atoms with Crippen molar-refractivity contribution in [2.24, 2.45) is 4.99 Å². The molecule has 0 bridgehead atoms. The number of carbonyl (C=O) groups is 1. The first kappa shape index (κ1) is 21.5. The molecule has 2 heterocycles. The van der Waals surface area contributed by atoms with Crippen molar-refractivity contribution in [1.29, 1.82) is 0 Å². The summed E-state index contributed by atoms with van der Waals surface area (Å²) in [6, 6.07) is 6.49. The molecule has 0 radical (unpaired) electrons. The Bertz CT molecular complexity index is 564. The van der Waals surface area contributed by atoms with E-state index in [1.54, 1.807) is 19.0 Å². The van der Waals surface area contributed by atoms with Crippen LogP contribution in [-0.4, -0.2) is 67.6 Å². The Balaban J connectivity index is 0.00000312. The number of halogens is 1. The van der Waals surface area contributed by atoms with E-state index in [0.717, 1.165) is 25.3 Å². The molecule has 1 fully saturated rings. The standard InChI is InChI=1S/C17H28N6O.HI/c1-13(2)20-17(19-11-16(24)22(3)4)21-14-8-10-23(12-14)15-7-5-6-9-18-15;/h5-7,9,13-14H,8,10-12H2,1-4H3,(H2,19,20,21);1H. The van der Waals surface area contributed by atoms with E-state index in [9.17, 15) is 4.79 Å². The molecule has 0 spiro atoms. The number of carbonyl (C=O) groups excluding carboxylic acids is 1. The molecule has 0 aliphatic carbocycles. The lowest BCUT2D eigenvalue weighted by Gasteiger charge is -2.21. The number of nitrogens with zero attached hydrogens (tertiary/aromatic N) is 4. The van der Waals surface area contributed by atoms with Crippen LogP contribution in [0.15, 0.2) is 29.4 Å². The molecule has 1 aromatic rings.